The van der Waals surface area contributed by atoms with Gasteiger partial charge in [0.05, 0.1) is 5.52 Å². The molecular weight excluding hydrogens is 248 g/mol. The first-order chi connectivity index (χ1) is 9.72. The number of nitrogens with one attached hydrogen (secondary N) is 1. The highest BCUT2D eigenvalue weighted by atomic mass is 15.1. The molecule has 4 heteroatoms. The van der Waals surface area contributed by atoms with Crippen LogP contribution in [-0.2, 0) is 6.54 Å². The topological polar surface area (TPSA) is 63.8 Å². The number of nitrogens with zero attached hydrogens (tertiary/aromatic N) is 2. The van der Waals surface area contributed by atoms with Gasteiger partial charge in [0.25, 0.3) is 0 Å². The summed E-state index contributed by atoms with van der Waals surface area (Å²) in [6.45, 7) is 2.79. The molecule has 0 bridgehead atoms. The standard InChI is InChI=1S/C16H16N4/c1-11-6-8-12(9-7-11)10-18-15-13-4-2-3-5-14(13)19-16(17)20-15/h2-9H,10H2,1H3,(H3,17,18,19,20). The molecule has 3 rings (SSSR count). The fourth-order valence-corrected chi connectivity index (χ4v) is 2.12. The van der Waals surface area contributed by atoms with Crippen molar-refractivity contribution >= 4 is 22.7 Å². The molecule has 0 aliphatic carbocycles. The first-order valence-corrected chi connectivity index (χ1v) is 6.54. The van der Waals surface area contributed by atoms with E-state index in [1.807, 2.05) is 24.3 Å². The zero-order chi connectivity index (χ0) is 13.9. The molecule has 2 aromatic carbocycles. The third-order valence-electron chi connectivity index (χ3n) is 3.20. The van der Waals surface area contributed by atoms with Crippen LogP contribution in [0, 0.1) is 6.92 Å². The number of nitrogen functional groups attached to an aromatic ring is 1. The Morgan fingerprint density at radius 3 is 2.55 bits per heavy atom. The summed E-state index contributed by atoms with van der Waals surface area (Å²) in [6, 6.07) is 16.3. The average Bonchev–Trinajstić information content (AvgIpc) is 2.46. The Labute approximate surface area is 117 Å². The molecule has 0 fully saturated rings. The van der Waals surface area contributed by atoms with Gasteiger partial charge in [0.2, 0.25) is 5.95 Å². The molecule has 0 unspecified atom stereocenters. The highest BCUT2D eigenvalue weighted by Gasteiger charge is 2.05. The maximum atomic E-state index is 5.75. The van der Waals surface area contributed by atoms with Gasteiger partial charge in [0.1, 0.15) is 5.82 Å². The second-order valence-corrected chi connectivity index (χ2v) is 4.79. The van der Waals surface area contributed by atoms with Crippen molar-refractivity contribution in [3.8, 4) is 0 Å². The lowest BCUT2D eigenvalue weighted by atomic mass is 10.1. The van der Waals surface area contributed by atoms with E-state index in [1.54, 1.807) is 0 Å². The molecule has 0 atom stereocenters. The normalized spacial score (nSPS) is 10.7. The van der Waals surface area contributed by atoms with Crippen LogP contribution in [0.15, 0.2) is 48.5 Å². The minimum Gasteiger partial charge on any atom is -0.368 e. The minimum absolute atomic E-state index is 0.287. The Bertz CT molecular complexity index is 735. The number of aromatic nitrogens is 2. The number of hydrogen-bond acceptors (Lipinski definition) is 4. The quantitative estimate of drug-likeness (QED) is 0.763. The van der Waals surface area contributed by atoms with Crippen molar-refractivity contribution in [3.05, 3.63) is 59.7 Å². The number of fused-ring (bicyclic) bond motifs is 1. The molecule has 0 saturated carbocycles. The van der Waals surface area contributed by atoms with Gasteiger partial charge in [-0.05, 0) is 24.6 Å². The second-order valence-electron chi connectivity index (χ2n) is 4.79. The molecule has 0 amide bonds. The van der Waals surface area contributed by atoms with E-state index in [4.69, 9.17) is 5.73 Å². The van der Waals surface area contributed by atoms with Crippen LogP contribution in [-0.4, -0.2) is 9.97 Å². The molecule has 1 heterocycles. The van der Waals surface area contributed by atoms with E-state index in [9.17, 15) is 0 Å². The maximum absolute atomic E-state index is 5.75. The lowest BCUT2D eigenvalue weighted by Crippen LogP contribution is -2.05. The summed E-state index contributed by atoms with van der Waals surface area (Å²) >= 11 is 0. The van der Waals surface area contributed by atoms with Crippen LogP contribution in [0.5, 0.6) is 0 Å². The zero-order valence-corrected chi connectivity index (χ0v) is 11.3. The van der Waals surface area contributed by atoms with Gasteiger partial charge in [-0.15, -0.1) is 0 Å². The Morgan fingerprint density at radius 1 is 1.00 bits per heavy atom. The number of rotatable bonds is 3. The van der Waals surface area contributed by atoms with E-state index in [0.717, 1.165) is 16.7 Å². The van der Waals surface area contributed by atoms with Gasteiger partial charge in [-0.25, -0.2) is 4.98 Å². The molecule has 0 radical (unpaired) electrons. The van der Waals surface area contributed by atoms with E-state index >= 15 is 0 Å². The maximum Gasteiger partial charge on any atom is 0.222 e. The van der Waals surface area contributed by atoms with Crippen LogP contribution in [0.2, 0.25) is 0 Å². The highest BCUT2D eigenvalue weighted by molar-refractivity contribution is 5.89. The van der Waals surface area contributed by atoms with Crippen LogP contribution < -0.4 is 11.1 Å². The Hall–Kier alpha value is -2.62. The Balaban J connectivity index is 1.88. The van der Waals surface area contributed by atoms with Crippen LogP contribution >= 0.6 is 0 Å². The first-order valence-electron chi connectivity index (χ1n) is 6.54. The van der Waals surface area contributed by atoms with Gasteiger partial charge in [-0.3, -0.25) is 0 Å². The lowest BCUT2D eigenvalue weighted by Gasteiger charge is -2.09. The van der Waals surface area contributed by atoms with E-state index < -0.39 is 0 Å². The fraction of sp³-hybridized carbons (Fsp3) is 0.125. The zero-order valence-electron chi connectivity index (χ0n) is 11.3. The summed E-state index contributed by atoms with van der Waals surface area (Å²) in [5.41, 5.74) is 9.06. The lowest BCUT2D eigenvalue weighted by molar-refractivity contribution is 1.11. The van der Waals surface area contributed by atoms with Crippen LogP contribution in [0.3, 0.4) is 0 Å². The number of anilines is 2. The van der Waals surface area contributed by atoms with Gasteiger partial charge >= 0.3 is 0 Å². The van der Waals surface area contributed by atoms with Gasteiger partial charge in [-0.2, -0.15) is 4.98 Å². The Morgan fingerprint density at radius 2 is 1.75 bits per heavy atom. The molecule has 4 nitrogen and oxygen atoms in total. The van der Waals surface area contributed by atoms with E-state index in [-0.39, 0.29) is 5.95 Å². The second kappa shape index (κ2) is 5.17. The van der Waals surface area contributed by atoms with Crippen molar-refractivity contribution in [3.63, 3.8) is 0 Å². The van der Waals surface area contributed by atoms with Crippen molar-refractivity contribution in [2.75, 3.05) is 11.1 Å². The molecule has 0 saturated heterocycles. The summed E-state index contributed by atoms with van der Waals surface area (Å²) in [5, 5.41) is 4.31. The van der Waals surface area contributed by atoms with Crippen molar-refractivity contribution in [2.45, 2.75) is 13.5 Å². The van der Waals surface area contributed by atoms with Gasteiger partial charge in [0.15, 0.2) is 0 Å². The molecule has 100 valence electrons. The number of para-hydroxylation sites is 1. The van der Waals surface area contributed by atoms with Crippen molar-refractivity contribution in [1.29, 1.82) is 0 Å². The monoisotopic (exact) mass is 264 g/mol. The average molecular weight is 264 g/mol. The molecule has 1 aromatic heterocycles. The van der Waals surface area contributed by atoms with Gasteiger partial charge in [0, 0.05) is 11.9 Å². The van der Waals surface area contributed by atoms with Gasteiger partial charge in [-0.1, -0.05) is 42.0 Å². The number of benzene rings is 2. The first kappa shape index (κ1) is 12.4. The number of nitrogens with two attached hydrogens (primary N) is 1. The SMILES string of the molecule is Cc1ccc(CNc2nc(N)nc3ccccc23)cc1. The molecule has 3 aromatic rings. The molecule has 0 spiro atoms. The molecule has 0 aliphatic rings. The smallest absolute Gasteiger partial charge is 0.222 e. The van der Waals surface area contributed by atoms with E-state index in [0.29, 0.717) is 6.54 Å². The summed E-state index contributed by atoms with van der Waals surface area (Å²) in [6.07, 6.45) is 0. The van der Waals surface area contributed by atoms with E-state index in [2.05, 4.69) is 46.5 Å². The third kappa shape index (κ3) is 2.54. The van der Waals surface area contributed by atoms with Crippen LogP contribution in [0.1, 0.15) is 11.1 Å². The molecule has 0 aliphatic heterocycles. The number of hydrogen-bond donors (Lipinski definition) is 2. The Kier molecular flexibility index (Phi) is 3.21. The summed E-state index contributed by atoms with van der Waals surface area (Å²) in [7, 11) is 0. The predicted octanol–water partition coefficient (Wildman–Crippen LogP) is 3.13. The molecule has 3 N–H and O–H groups in total. The highest BCUT2D eigenvalue weighted by Crippen LogP contribution is 2.21. The number of aryl methyl sites for hydroxylation is 1. The molecule has 20 heavy (non-hydrogen) atoms. The third-order valence-corrected chi connectivity index (χ3v) is 3.20. The van der Waals surface area contributed by atoms with Crippen molar-refractivity contribution < 1.29 is 0 Å². The van der Waals surface area contributed by atoms with E-state index in [1.165, 1.54) is 11.1 Å². The fourth-order valence-electron chi connectivity index (χ4n) is 2.12. The summed E-state index contributed by atoms with van der Waals surface area (Å²) in [4.78, 5) is 8.52. The van der Waals surface area contributed by atoms with Crippen LogP contribution in [0.25, 0.3) is 10.9 Å². The predicted molar refractivity (Wildman–Crippen MR) is 82.5 cm³/mol. The largest absolute Gasteiger partial charge is 0.368 e. The summed E-state index contributed by atoms with van der Waals surface area (Å²) < 4.78 is 0. The summed E-state index contributed by atoms with van der Waals surface area (Å²) in [5.74, 6) is 1.06. The molecular formula is C16H16N4. The van der Waals surface area contributed by atoms with Gasteiger partial charge < -0.3 is 11.1 Å². The minimum atomic E-state index is 0.287. The van der Waals surface area contributed by atoms with Crippen molar-refractivity contribution in [2.24, 2.45) is 0 Å². The van der Waals surface area contributed by atoms with Crippen LogP contribution in [0.4, 0.5) is 11.8 Å². The van der Waals surface area contributed by atoms with Crippen molar-refractivity contribution in [1.82, 2.24) is 9.97 Å².